The summed E-state index contributed by atoms with van der Waals surface area (Å²) in [6.07, 6.45) is 0.828. The number of halogens is 1. The summed E-state index contributed by atoms with van der Waals surface area (Å²) < 4.78 is 2.97. The molecule has 0 aliphatic heterocycles. The van der Waals surface area contributed by atoms with Crippen molar-refractivity contribution >= 4 is 15.9 Å². The van der Waals surface area contributed by atoms with Gasteiger partial charge in [0.25, 0.3) is 0 Å². The van der Waals surface area contributed by atoms with Gasteiger partial charge in [0.15, 0.2) is 0 Å². The lowest BCUT2D eigenvalue weighted by Gasteiger charge is -2.04. The minimum Gasteiger partial charge on any atom is -0.330 e. The molecule has 0 saturated heterocycles. The summed E-state index contributed by atoms with van der Waals surface area (Å²) in [5, 5.41) is 4.60. The molecule has 18 heavy (non-hydrogen) atoms. The molecular formula is C14H18BrN3. The van der Waals surface area contributed by atoms with Crippen molar-refractivity contribution in [1.82, 2.24) is 9.78 Å². The second-order valence-corrected chi connectivity index (χ2v) is 5.38. The van der Waals surface area contributed by atoms with Crippen molar-refractivity contribution in [2.75, 3.05) is 6.54 Å². The van der Waals surface area contributed by atoms with Gasteiger partial charge in [-0.3, -0.25) is 4.68 Å². The summed E-state index contributed by atoms with van der Waals surface area (Å²) in [5.41, 5.74) is 11.5. The van der Waals surface area contributed by atoms with Gasteiger partial charge >= 0.3 is 0 Å². The van der Waals surface area contributed by atoms with E-state index in [1.165, 1.54) is 16.7 Å². The molecule has 1 heterocycles. The zero-order valence-electron chi connectivity index (χ0n) is 11.0. The van der Waals surface area contributed by atoms with Gasteiger partial charge in [0.1, 0.15) is 5.69 Å². The number of rotatable bonds is 3. The first-order chi connectivity index (χ1) is 8.54. The third-order valence-corrected chi connectivity index (χ3v) is 3.95. The highest BCUT2D eigenvalue weighted by Gasteiger charge is 2.16. The van der Waals surface area contributed by atoms with Crippen LogP contribution in [0.4, 0.5) is 0 Å². The van der Waals surface area contributed by atoms with Crippen molar-refractivity contribution in [1.29, 1.82) is 0 Å². The Morgan fingerprint density at radius 2 is 2.06 bits per heavy atom. The minimum atomic E-state index is 0.629. The van der Waals surface area contributed by atoms with Gasteiger partial charge in [-0.25, -0.2) is 0 Å². The second-order valence-electron chi connectivity index (χ2n) is 4.59. The van der Waals surface area contributed by atoms with Crippen molar-refractivity contribution in [2.45, 2.75) is 20.3 Å². The van der Waals surface area contributed by atoms with Gasteiger partial charge in [-0.1, -0.05) is 23.8 Å². The van der Waals surface area contributed by atoms with Crippen LogP contribution >= 0.6 is 15.9 Å². The molecule has 0 aliphatic carbocycles. The molecule has 0 fully saturated rings. The van der Waals surface area contributed by atoms with E-state index in [-0.39, 0.29) is 0 Å². The maximum atomic E-state index is 5.63. The smallest absolute Gasteiger partial charge is 0.107 e. The number of aromatic nitrogens is 2. The number of hydrogen-bond donors (Lipinski definition) is 1. The Morgan fingerprint density at radius 1 is 1.33 bits per heavy atom. The van der Waals surface area contributed by atoms with Crippen molar-refractivity contribution < 1.29 is 0 Å². The van der Waals surface area contributed by atoms with Gasteiger partial charge in [0, 0.05) is 19.0 Å². The average Bonchev–Trinajstić information content (AvgIpc) is 2.58. The first kappa shape index (κ1) is 13.3. The standard InChI is InChI=1S/C14H18BrN3/c1-9-4-5-11(10(2)8-9)14-13(15)12(6-7-16)18(3)17-14/h4-5,8H,6-7,16H2,1-3H3. The third kappa shape index (κ3) is 2.35. The van der Waals surface area contributed by atoms with Gasteiger partial charge in [0.2, 0.25) is 0 Å². The highest BCUT2D eigenvalue weighted by atomic mass is 79.9. The molecule has 2 N–H and O–H groups in total. The first-order valence-corrected chi connectivity index (χ1v) is 6.83. The first-order valence-electron chi connectivity index (χ1n) is 6.03. The average molecular weight is 308 g/mol. The molecule has 0 bridgehead atoms. The summed E-state index contributed by atoms with van der Waals surface area (Å²) in [4.78, 5) is 0. The molecule has 0 unspecified atom stereocenters. The molecule has 96 valence electrons. The summed E-state index contributed by atoms with van der Waals surface area (Å²) in [6.45, 7) is 4.85. The van der Waals surface area contributed by atoms with Crippen LogP contribution in [0.25, 0.3) is 11.3 Å². The second kappa shape index (κ2) is 5.24. The molecular weight excluding hydrogens is 290 g/mol. The summed E-state index contributed by atoms with van der Waals surface area (Å²) >= 11 is 3.65. The predicted molar refractivity (Wildman–Crippen MR) is 78.6 cm³/mol. The Balaban J connectivity index is 2.54. The van der Waals surface area contributed by atoms with E-state index in [1.54, 1.807) is 0 Å². The van der Waals surface area contributed by atoms with Crippen LogP contribution in [0.3, 0.4) is 0 Å². The Kier molecular flexibility index (Phi) is 3.88. The van der Waals surface area contributed by atoms with E-state index in [1.807, 2.05) is 11.7 Å². The number of nitrogens with two attached hydrogens (primary N) is 1. The van der Waals surface area contributed by atoms with Crippen LogP contribution < -0.4 is 5.73 Å². The maximum absolute atomic E-state index is 5.63. The monoisotopic (exact) mass is 307 g/mol. The van der Waals surface area contributed by atoms with Crippen molar-refractivity contribution in [2.24, 2.45) is 12.8 Å². The van der Waals surface area contributed by atoms with E-state index < -0.39 is 0 Å². The molecule has 2 aromatic rings. The highest BCUT2D eigenvalue weighted by Crippen LogP contribution is 2.32. The van der Waals surface area contributed by atoms with E-state index in [0.717, 1.165) is 22.3 Å². The lowest BCUT2D eigenvalue weighted by atomic mass is 10.0. The Labute approximate surface area is 116 Å². The summed E-state index contributed by atoms with van der Waals surface area (Å²) in [6, 6.07) is 6.43. The van der Waals surface area contributed by atoms with Crippen LogP contribution in [0.5, 0.6) is 0 Å². The lowest BCUT2D eigenvalue weighted by molar-refractivity contribution is 0.707. The Hall–Kier alpha value is -1.13. The lowest BCUT2D eigenvalue weighted by Crippen LogP contribution is -2.07. The predicted octanol–water partition coefficient (Wildman–Crippen LogP) is 2.97. The SMILES string of the molecule is Cc1ccc(-c2nn(C)c(CCN)c2Br)c(C)c1. The van der Waals surface area contributed by atoms with Crippen LogP contribution in [0, 0.1) is 13.8 Å². The number of benzene rings is 1. The molecule has 2 rings (SSSR count). The fraction of sp³-hybridized carbons (Fsp3) is 0.357. The fourth-order valence-corrected chi connectivity index (χ4v) is 2.94. The molecule has 4 heteroatoms. The van der Waals surface area contributed by atoms with Crippen molar-refractivity contribution in [3.8, 4) is 11.3 Å². The van der Waals surface area contributed by atoms with Crippen LogP contribution in [-0.4, -0.2) is 16.3 Å². The number of nitrogens with zero attached hydrogens (tertiary/aromatic N) is 2. The fourth-order valence-electron chi connectivity index (χ4n) is 2.19. The number of aryl methyl sites for hydroxylation is 3. The van der Waals surface area contributed by atoms with Crippen LogP contribution in [0.1, 0.15) is 16.8 Å². The van der Waals surface area contributed by atoms with Crippen molar-refractivity contribution in [3.63, 3.8) is 0 Å². The van der Waals surface area contributed by atoms with E-state index in [0.29, 0.717) is 6.54 Å². The summed E-state index contributed by atoms with van der Waals surface area (Å²) in [5.74, 6) is 0. The molecule has 1 aromatic carbocycles. The highest BCUT2D eigenvalue weighted by molar-refractivity contribution is 9.10. The largest absolute Gasteiger partial charge is 0.330 e. The molecule has 0 atom stereocenters. The molecule has 0 saturated carbocycles. The molecule has 0 spiro atoms. The van der Waals surface area contributed by atoms with Gasteiger partial charge in [0.05, 0.1) is 10.2 Å². The molecule has 3 nitrogen and oxygen atoms in total. The third-order valence-electron chi connectivity index (χ3n) is 3.12. The minimum absolute atomic E-state index is 0.629. The van der Waals surface area contributed by atoms with Crippen LogP contribution in [0.2, 0.25) is 0 Å². The Bertz CT molecular complexity index is 573. The van der Waals surface area contributed by atoms with E-state index in [9.17, 15) is 0 Å². The molecule has 0 radical (unpaired) electrons. The van der Waals surface area contributed by atoms with Gasteiger partial charge in [-0.05, 0) is 41.9 Å². The van der Waals surface area contributed by atoms with Crippen LogP contribution in [-0.2, 0) is 13.5 Å². The topological polar surface area (TPSA) is 43.8 Å². The quantitative estimate of drug-likeness (QED) is 0.947. The molecule has 0 aliphatic rings. The Morgan fingerprint density at radius 3 is 2.67 bits per heavy atom. The van der Waals surface area contributed by atoms with Crippen molar-refractivity contribution in [3.05, 3.63) is 39.5 Å². The molecule has 1 aromatic heterocycles. The summed E-state index contributed by atoms with van der Waals surface area (Å²) in [7, 11) is 1.96. The van der Waals surface area contributed by atoms with Gasteiger partial charge < -0.3 is 5.73 Å². The van der Waals surface area contributed by atoms with Crippen LogP contribution in [0.15, 0.2) is 22.7 Å². The van der Waals surface area contributed by atoms with E-state index in [2.05, 4.69) is 53.1 Å². The maximum Gasteiger partial charge on any atom is 0.107 e. The zero-order valence-corrected chi connectivity index (χ0v) is 12.6. The van der Waals surface area contributed by atoms with Gasteiger partial charge in [-0.2, -0.15) is 5.10 Å². The zero-order chi connectivity index (χ0) is 13.3. The van der Waals surface area contributed by atoms with E-state index >= 15 is 0 Å². The van der Waals surface area contributed by atoms with Gasteiger partial charge in [-0.15, -0.1) is 0 Å². The number of hydrogen-bond acceptors (Lipinski definition) is 2. The normalized spacial score (nSPS) is 10.9. The molecule has 0 amide bonds. The van der Waals surface area contributed by atoms with E-state index in [4.69, 9.17) is 5.73 Å².